The third-order valence-corrected chi connectivity index (χ3v) is 5.00. The Morgan fingerprint density at radius 2 is 1.96 bits per heavy atom. The van der Waals surface area contributed by atoms with Crippen molar-refractivity contribution in [2.75, 3.05) is 26.3 Å². The van der Waals surface area contributed by atoms with Gasteiger partial charge in [0.2, 0.25) is 0 Å². The van der Waals surface area contributed by atoms with Crippen LogP contribution in [0.1, 0.15) is 33.7 Å². The average Bonchev–Trinajstić information content (AvgIpc) is 3.05. The van der Waals surface area contributed by atoms with Crippen LogP contribution in [0.15, 0.2) is 36.7 Å². The molecule has 2 aliphatic heterocycles. The van der Waals surface area contributed by atoms with Crippen LogP contribution in [0.3, 0.4) is 0 Å². The molecule has 0 unspecified atom stereocenters. The van der Waals surface area contributed by atoms with Crippen molar-refractivity contribution < 1.29 is 9.53 Å². The Kier molecular flexibility index (Phi) is 5.22. The second kappa shape index (κ2) is 7.93. The Bertz CT molecular complexity index is 751. The largest absolute Gasteiger partial charge is 0.381 e. The van der Waals surface area contributed by atoms with Crippen molar-refractivity contribution in [1.29, 1.82) is 0 Å². The third kappa shape index (κ3) is 4.08. The van der Waals surface area contributed by atoms with Crippen LogP contribution in [0.2, 0.25) is 0 Å². The summed E-state index contributed by atoms with van der Waals surface area (Å²) in [7, 11) is 0. The second-order valence-electron chi connectivity index (χ2n) is 7.09. The fourth-order valence-corrected chi connectivity index (χ4v) is 3.49. The summed E-state index contributed by atoms with van der Waals surface area (Å²) in [6, 6.07) is 10.4. The first kappa shape index (κ1) is 17.1. The maximum atomic E-state index is 12.3. The number of benzene rings is 1. The maximum Gasteiger partial charge on any atom is 0.270 e. The van der Waals surface area contributed by atoms with Gasteiger partial charge in [0.1, 0.15) is 12.0 Å². The number of hydrogen-bond acceptors (Lipinski definition) is 5. The summed E-state index contributed by atoms with van der Waals surface area (Å²) in [4.78, 5) is 23.1. The monoisotopic (exact) mass is 352 g/mol. The first-order valence-corrected chi connectivity index (χ1v) is 9.24. The molecular formula is C20H24N4O2. The normalized spacial score (nSPS) is 16.9. The Labute approximate surface area is 153 Å². The minimum Gasteiger partial charge on any atom is -0.381 e. The van der Waals surface area contributed by atoms with Crippen molar-refractivity contribution in [3.63, 3.8) is 0 Å². The highest BCUT2D eigenvalue weighted by molar-refractivity contribution is 5.92. The van der Waals surface area contributed by atoms with Gasteiger partial charge < -0.3 is 10.1 Å². The van der Waals surface area contributed by atoms with Crippen LogP contribution >= 0.6 is 0 Å². The smallest absolute Gasteiger partial charge is 0.270 e. The van der Waals surface area contributed by atoms with Crippen molar-refractivity contribution >= 4 is 5.91 Å². The number of carbonyl (C=O) groups is 1. The average molecular weight is 352 g/mol. The molecule has 0 bridgehead atoms. The summed E-state index contributed by atoms with van der Waals surface area (Å²) < 4.78 is 5.19. The zero-order valence-electron chi connectivity index (χ0n) is 14.9. The van der Waals surface area contributed by atoms with E-state index in [2.05, 4.69) is 44.5 Å². The SMILES string of the molecule is O=C(NCCCN1Cc2ccccc2C1)c1cc(CC2COC2)ncn1. The molecule has 1 N–H and O–H groups in total. The number of nitrogens with one attached hydrogen (secondary N) is 1. The summed E-state index contributed by atoms with van der Waals surface area (Å²) >= 11 is 0. The highest BCUT2D eigenvalue weighted by Gasteiger charge is 2.20. The van der Waals surface area contributed by atoms with E-state index in [0.29, 0.717) is 18.2 Å². The molecule has 1 saturated heterocycles. The number of rotatable bonds is 7. The summed E-state index contributed by atoms with van der Waals surface area (Å²) in [5, 5.41) is 2.97. The van der Waals surface area contributed by atoms with E-state index in [-0.39, 0.29) is 5.91 Å². The molecule has 0 spiro atoms. The number of nitrogens with zero attached hydrogens (tertiary/aromatic N) is 3. The zero-order valence-corrected chi connectivity index (χ0v) is 14.9. The molecule has 0 aliphatic carbocycles. The molecule has 26 heavy (non-hydrogen) atoms. The molecule has 0 saturated carbocycles. The summed E-state index contributed by atoms with van der Waals surface area (Å²) in [6.45, 7) is 5.21. The van der Waals surface area contributed by atoms with Crippen molar-refractivity contribution in [3.05, 3.63) is 59.2 Å². The number of aromatic nitrogens is 2. The van der Waals surface area contributed by atoms with E-state index in [4.69, 9.17) is 4.74 Å². The van der Waals surface area contributed by atoms with Gasteiger partial charge in [-0.15, -0.1) is 0 Å². The van der Waals surface area contributed by atoms with Gasteiger partial charge >= 0.3 is 0 Å². The van der Waals surface area contributed by atoms with Crippen LogP contribution in [0.5, 0.6) is 0 Å². The fraction of sp³-hybridized carbons (Fsp3) is 0.450. The van der Waals surface area contributed by atoms with Gasteiger partial charge in [-0.2, -0.15) is 0 Å². The van der Waals surface area contributed by atoms with Crippen molar-refractivity contribution in [2.45, 2.75) is 25.9 Å². The van der Waals surface area contributed by atoms with Gasteiger partial charge in [0.15, 0.2) is 0 Å². The Morgan fingerprint density at radius 3 is 2.65 bits per heavy atom. The zero-order chi connectivity index (χ0) is 17.8. The molecule has 0 atom stereocenters. The van der Waals surface area contributed by atoms with Crippen molar-refractivity contribution in [2.24, 2.45) is 5.92 Å². The van der Waals surface area contributed by atoms with E-state index in [1.165, 1.54) is 17.5 Å². The molecule has 136 valence electrons. The van der Waals surface area contributed by atoms with E-state index in [9.17, 15) is 4.79 Å². The molecule has 1 fully saturated rings. The topological polar surface area (TPSA) is 67.4 Å². The lowest BCUT2D eigenvalue weighted by Gasteiger charge is -2.25. The molecule has 4 rings (SSSR count). The minimum atomic E-state index is -0.122. The number of fused-ring (bicyclic) bond motifs is 1. The van der Waals surface area contributed by atoms with Gasteiger partial charge in [-0.1, -0.05) is 24.3 Å². The molecule has 6 nitrogen and oxygen atoms in total. The van der Waals surface area contributed by atoms with Gasteiger partial charge in [0.05, 0.1) is 13.2 Å². The van der Waals surface area contributed by atoms with Crippen molar-refractivity contribution in [3.8, 4) is 0 Å². The lowest BCUT2D eigenvalue weighted by atomic mass is 10.0. The highest BCUT2D eigenvalue weighted by atomic mass is 16.5. The lowest BCUT2D eigenvalue weighted by Crippen LogP contribution is -2.30. The molecule has 6 heteroatoms. The first-order chi connectivity index (χ1) is 12.8. The quantitative estimate of drug-likeness (QED) is 0.770. The summed E-state index contributed by atoms with van der Waals surface area (Å²) in [5.74, 6) is 0.397. The third-order valence-electron chi connectivity index (χ3n) is 5.00. The maximum absolute atomic E-state index is 12.3. The van der Waals surface area contributed by atoms with Crippen LogP contribution < -0.4 is 5.32 Å². The van der Waals surface area contributed by atoms with E-state index < -0.39 is 0 Å². The van der Waals surface area contributed by atoms with Crippen molar-refractivity contribution in [1.82, 2.24) is 20.2 Å². The molecule has 1 aromatic heterocycles. The fourth-order valence-electron chi connectivity index (χ4n) is 3.49. The molecule has 3 heterocycles. The number of ether oxygens (including phenoxy) is 1. The van der Waals surface area contributed by atoms with Crippen LogP contribution in [0, 0.1) is 5.92 Å². The van der Waals surface area contributed by atoms with Gasteiger partial charge in [-0.05, 0) is 30.0 Å². The Hall–Kier alpha value is -2.31. The summed E-state index contributed by atoms with van der Waals surface area (Å²) in [5.41, 5.74) is 4.20. The van der Waals surface area contributed by atoms with Gasteiger partial charge in [-0.3, -0.25) is 9.69 Å². The predicted octanol–water partition coefficient (Wildman–Crippen LogP) is 1.80. The standard InChI is InChI=1S/C20H24N4O2/c25-20(19-9-18(22-14-23-19)8-15-12-26-13-15)21-6-3-7-24-10-16-4-1-2-5-17(16)11-24/h1-2,4-5,9,14-15H,3,6-8,10-13H2,(H,21,25). The van der Waals surface area contributed by atoms with E-state index in [0.717, 1.165) is 51.4 Å². The predicted molar refractivity (Wildman–Crippen MR) is 97.6 cm³/mol. The number of hydrogen-bond donors (Lipinski definition) is 1. The molecular weight excluding hydrogens is 328 g/mol. The van der Waals surface area contributed by atoms with Crippen LogP contribution in [-0.2, 0) is 24.2 Å². The lowest BCUT2D eigenvalue weighted by molar-refractivity contribution is -0.0316. The van der Waals surface area contributed by atoms with Crippen LogP contribution in [0.25, 0.3) is 0 Å². The van der Waals surface area contributed by atoms with Gasteiger partial charge in [0.25, 0.3) is 5.91 Å². The Morgan fingerprint density at radius 1 is 1.19 bits per heavy atom. The number of amides is 1. The van der Waals surface area contributed by atoms with E-state index in [1.807, 2.05) is 0 Å². The summed E-state index contributed by atoms with van der Waals surface area (Å²) in [6.07, 6.45) is 3.25. The molecule has 0 radical (unpaired) electrons. The van der Waals surface area contributed by atoms with Gasteiger partial charge in [-0.25, -0.2) is 9.97 Å². The van der Waals surface area contributed by atoms with Crippen LogP contribution in [0.4, 0.5) is 0 Å². The highest BCUT2D eigenvalue weighted by Crippen LogP contribution is 2.21. The molecule has 2 aromatic rings. The van der Waals surface area contributed by atoms with Crippen LogP contribution in [-0.4, -0.2) is 47.1 Å². The second-order valence-corrected chi connectivity index (χ2v) is 7.09. The Balaban J connectivity index is 1.20. The molecule has 1 aromatic carbocycles. The minimum absolute atomic E-state index is 0.122. The molecule has 1 amide bonds. The first-order valence-electron chi connectivity index (χ1n) is 9.24. The number of carbonyl (C=O) groups excluding carboxylic acids is 1. The molecule has 2 aliphatic rings. The van der Waals surface area contributed by atoms with E-state index >= 15 is 0 Å². The van der Waals surface area contributed by atoms with Gasteiger partial charge in [0, 0.05) is 37.8 Å². The van der Waals surface area contributed by atoms with E-state index in [1.54, 1.807) is 6.07 Å².